The summed E-state index contributed by atoms with van der Waals surface area (Å²) in [4.78, 5) is 11.8. The molecular weight excluding hydrogens is 248 g/mol. The van der Waals surface area contributed by atoms with E-state index in [9.17, 15) is 4.79 Å². The monoisotopic (exact) mass is 266 g/mol. The number of nitrogens with one attached hydrogen (secondary N) is 2. The first kappa shape index (κ1) is 13.2. The number of halogens is 1. The molecule has 1 fully saturated rings. The van der Waals surface area contributed by atoms with Gasteiger partial charge >= 0.3 is 6.03 Å². The molecule has 1 aromatic rings. The van der Waals surface area contributed by atoms with Crippen molar-refractivity contribution in [1.82, 2.24) is 5.32 Å². The average molecular weight is 267 g/mol. The molecule has 1 aromatic carbocycles. The highest BCUT2D eigenvalue weighted by Crippen LogP contribution is 2.25. The Balaban J connectivity index is 1.89. The fraction of sp³-hybridized carbons (Fsp3) is 0.500. The van der Waals surface area contributed by atoms with E-state index in [2.05, 4.69) is 17.6 Å². The van der Waals surface area contributed by atoms with Crippen molar-refractivity contribution in [2.45, 2.75) is 39.2 Å². The van der Waals surface area contributed by atoms with Gasteiger partial charge < -0.3 is 10.6 Å². The van der Waals surface area contributed by atoms with Crippen LogP contribution in [0.1, 0.15) is 31.7 Å². The molecule has 1 saturated carbocycles. The number of carbonyl (C=O) groups is 1. The Morgan fingerprint density at radius 2 is 2.17 bits per heavy atom. The van der Waals surface area contributed by atoms with Gasteiger partial charge in [-0.25, -0.2) is 4.79 Å². The third kappa shape index (κ3) is 3.39. The number of amides is 2. The first-order valence-corrected chi connectivity index (χ1v) is 6.76. The van der Waals surface area contributed by atoms with Crippen LogP contribution in [0.15, 0.2) is 18.2 Å². The number of rotatable bonds is 2. The molecule has 0 heterocycles. The van der Waals surface area contributed by atoms with E-state index < -0.39 is 0 Å². The quantitative estimate of drug-likeness (QED) is 0.836. The van der Waals surface area contributed by atoms with Gasteiger partial charge in [0.25, 0.3) is 0 Å². The molecule has 3 nitrogen and oxygen atoms in total. The second-order valence-corrected chi connectivity index (χ2v) is 5.58. The van der Waals surface area contributed by atoms with Crippen LogP contribution in [0, 0.1) is 12.8 Å². The molecular formula is C14H19ClN2O. The van der Waals surface area contributed by atoms with E-state index in [0.29, 0.717) is 17.0 Å². The Morgan fingerprint density at radius 3 is 2.78 bits per heavy atom. The van der Waals surface area contributed by atoms with Crippen LogP contribution < -0.4 is 10.6 Å². The van der Waals surface area contributed by atoms with Crippen molar-refractivity contribution in [3.63, 3.8) is 0 Å². The maximum atomic E-state index is 11.8. The minimum atomic E-state index is -0.144. The molecule has 2 unspecified atom stereocenters. The predicted octanol–water partition coefficient (Wildman–Crippen LogP) is 3.96. The highest BCUT2D eigenvalue weighted by atomic mass is 35.5. The SMILES string of the molecule is Cc1ccc(NC(=O)NC2CCC(C)C2)cc1Cl. The number of benzene rings is 1. The summed E-state index contributed by atoms with van der Waals surface area (Å²) in [6, 6.07) is 5.69. The number of hydrogen-bond acceptors (Lipinski definition) is 1. The minimum absolute atomic E-state index is 0.144. The average Bonchev–Trinajstić information content (AvgIpc) is 2.69. The summed E-state index contributed by atoms with van der Waals surface area (Å²) in [7, 11) is 0. The van der Waals surface area contributed by atoms with E-state index in [0.717, 1.165) is 24.1 Å². The van der Waals surface area contributed by atoms with Gasteiger partial charge in [-0.05, 0) is 49.8 Å². The molecule has 2 atom stereocenters. The summed E-state index contributed by atoms with van der Waals surface area (Å²) in [5, 5.41) is 6.48. The van der Waals surface area contributed by atoms with Crippen LogP contribution in [0.2, 0.25) is 5.02 Å². The normalized spacial score (nSPS) is 22.8. The van der Waals surface area contributed by atoms with Crippen LogP contribution in [0.4, 0.5) is 10.5 Å². The lowest BCUT2D eigenvalue weighted by Gasteiger charge is -2.13. The zero-order valence-electron chi connectivity index (χ0n) is 10.8. The number of aryl methyl sites for hydroxylation is 1. The molecule has 2 amide bonds. The van der Waals surface area contributed by atoms with Crippen molar-refractivity contribution < 1.29 is 4.79 Å². The summed E-state index contributed by atoms with van der Waals surface area (Å²) in [5.74, 6) is 0.712. The highest BCUT2D eigenvalue weighted by Gasteiger charge is 2.22. The summed E-state index contributed by atoms with van der Waals surface area (Å²) in [6.07, 6.45) is 3.34. The third-order valence-corrected chi connectivity index (χ3v) is 3.87. The Morgan fingerprint density at radius 1 is 1.39 bits per heavy atom. The van der Waals surface area contributed by atoms with Gasteiger partial charge in [-0.2, -0.15) is 0 Å². The lowest BCUT2D eigenvalue weighted by molar-refractivity contribution is 0.248. The van der Waals surface area contributed by atoms with Gasteiger partial charge in [0.2, 0.25) is 0 Å². The molecule has 0 spiro atoms. The van der Waals surface area contributed by atoms with Crippen LogP contribution in [0.25, 0.3) is 0 Å². The Bertz CT molecular complexity index is 447. The largest absolute Gasteiger partial charge is 0.335 e. The lowest BCUT2D eigenvalue weighted by atomic mass is 10.1. The van der Waals surface area contributed by atoms with Crippen LogP contribution in [-0.2, 0) is 0 Å². The maximum Gasteiger partial charge on any atom is 0.319 e. The molecule has 1 aliphatic rings. The molecule has 2 N–H and O–H groups in total. The molecule has 2 rings (SSSR count). The van der Waals surface area contributed by atoms with Crippen LogP contribution in [0.5, 0.6) is 0 Å². The van der Waals surface area contributed by atoms with Crippen molar-refractivity contribution >= 4 is 23.3 Å². The molecule has 0 saturated heterocycles. The van der Waals surface area contributed by atoms with Crippen molar-refractivity contribution in [2.24, 2.45) is 5.92 Å². The van der Waals surface area contributed by atoms with Crippen molar-refractivity contribution in [1.29, 1.82) is 0 Å². The van der Waals surface area contributed by atoms with E-state index in [1.165, 1.54) is 6.42 Å². The molecule has 0 aromatic heterocycles. The Kier molecular flexibility index (Phi) is 4.12. The van der Waals surface area contributed by atoms with E-state index in [1.807, 2.05) is 19.1 Å². The summed E-state index contributed by atoms with van der Waals surface area (Å²) in [5.41, 5.74) is 1.74. The van der Waals surface area contributed by atoms with Gasteiger partial charge in [0, 0.05) is 16.8 Å². The first-order chi connectivity index (χ1) is 8.54. The van der Waals surface area contributed by atoms with E-state index >= 15 is 0 Å². The van der Waals surface area contributed by atoms with Crippen molar-refractivity contribution in [3.05, 3.63) is 28.8 Å². The number of anilines is 1. The van der Waals surface area contributed by atoms with E-state index in [-0.39, 0.29) is 6.03 Å². The molecule has 98 valence electrons. The molecule has 0 bridgehead atoms. The van der Waals surface area contributed by atoms with Gasteiger partial charge in [-0.15, -0.1) is 0 Å². The van der Waals surface area contributed by atoms with Crippen molar-refractivity contribution in [3.8, 4) is 0 Å². The fourth-order valence-electron chi connectivity index (χ4n) is 2.36. The van der Waals surface area contributed by atoms with Gasteiger partial charge in [0.1, 0.15) is 0 Å². The number of carbonyl (C=O) groups excluding carboxylic acids is 1. The second-order valence-electron chi connectivity index (χ2n) is 5.18. The zero-order valence-corrected chi connectivity index (χ0v) is 11.6. The van der Waals surface area contributed by atoms with Gasteiger partial charge in [-0.3, -0.25) is 0 Å². The van der Waals surface area contributed by atoms with Gasteiger partial charge in [0.05, 0.1) is 0 Å². The Hall–Kier alpha value is -1.22. The number of hydrogen-bond donors (Lipinski definition) is 2. The van der Waals surface area contributed by atoms with Gasteiger partial charge in [-0.1, -0.05) is 24.6 Å². The third-order valence-electron chi connectivity index (χ3n) is 3.46. The van der Waals surface area contributed by atoms with E-state index in [4.69, 9.17) is 11.6 Å². The predicted molar refractivity (Wildman–Crippen MR) is 75.1 cm³/mol. The number of urea groups is 1. The zero-order chi connectivity index (χ0) is 13.1. The standard InChI is InChI=1S/C14H19ClN2O/c1-9-3-5-11(7-9)16-14(18)17-12-6-4-10(2)13(15)8-12/h4,6,8-9,11H,3,5,7H2,1-2H3,(H2,16,17,18). The summed E-state index contributed by atoms with van der Waals surface area (Å²) < 4.78 is 0. The van der Waals surface area contributed by atoms with E-state index in [1.54, 1.807) is 6.07 Å². The van der Waals surface area contributed by atoms with Crippen LogP contribution in [-0.4, -0.2) is 12.1 Å². The smallest absolute Gasteiger partial charge is 0.319 e. The maximum absolute atomic E-state index is 11.8. The Labute approximate surface area is 113 Å². The fourth-order valence-corrected chi connectivity index (χ4v) is 2.54. The van der Waals surface area contributed by atoms with Crippen LogP contribution >= 0.6 is 11.6 Å². The molecule has 0 radical (unpaired) electrons. The molecule has 0 aliphatic heterocycles. The molecule has 18 heavy (non-hydrogen) atoms. The molecule has 1 aliphatic carbocycles. The topological polar surface area (TPSA) is 41.1 Å². The lowest BCUT2D eigenvalue weighted by Crippen LogP contribution is -2.36. The second kappa shape index (κ2) is 5.61. The first-order valence-electron chi connectivity index (χ1n) is 6.38. The van der Waals surface area contributed by atoms with Gasteiger partial charge in [0.15, 0.2) is 0 Å². The summed E-state index contributed by atoms with van der Waals surface area (Å²) in [6.45, 7) is 4.16. The van der Waals surface area contributed by atoms with Crippen molar-refractivity contribution in [2.75, 3.05) is 5.32 Å². The van der Waals surface area contributed by atoms with Crippen LogP contribution in [0.3, 0.4) is 0 Å². The summed E-state index contributed by atoms with van der Waals surface area (Å²) >= 11 is 6.01. The minimum Gasteiger partial charge on any atom is -0.335 e. The molecule has 4 heteroatoms. The highest BCUT2D eigenvalue weighted by molar-refractivity contribution is 6.31.